The van der Waals surface area contributed by atoms with Crippen molar-refractivity contribution in [3.8, 4) is 0 Å². The average molecular weight is 226 g/mol. The lowest BCUT2D eigenvalue weighted by Gasteiger charge is -2.51. The minimum Gasteiger partial charge on any atom is -0.350 e. The molecule has 1 fully saturated rings. The first-order chi connectivity index (χ1) is 7.19. The number of hydroxylamine groups is 2. The van der Waals surface area contributed by atoms with Gasteiger partial charge >= 0.3 is 0 Å². The SMILES string of the molecule is C=CC(=O)NC1CC(C)(C)N(O)C(C)(C)C1. The van der Waals surface area contributed by atoms with E-state index in [0.29, 0.717) is 0 Å². The van der Waals surface area contributed by atoms with E-state index in [2.05, 4.69) is 11.9 Å². The summed E-state index contributed by atoms with van der Waals surface area (Å²) in [5, 5.41) is 14.4. The molecule has 0 radical (unpaired) electrons. The van der Waals surface area contributed by atoms with Crippen molar-refractivity contribution in [2.24, 2.45) is 0 Å². The van der Waals surface area contributed by atoms with E-state index in [1.807, 2.05) is 27.7 Å². The van der Waals surface area contributed by atoms with Crippen molar-refractivity contribution >= 4 is 5.91 Å². The molecule has 4 heteroatoms. The molecule has 2 N–H and O–H groups in total. The van der Waals surface area contributed by atoms with E-state index < -0.39 is 0 Å². The molecule has 0 saturated carbocycles. The number of nitrogens with zero attached hydrogens (tertiary/aromatic N) is 1. The van der Waals surface area contributed by atoms with E-state index >= 15 is 0 Å². The van der Waals surface area contributed by atoms with Gasteiger partial charge in [-0.05, 0) is 46.6 Å². The van der Waals surface area contributed by atoms with Crippen LogP contribution in [0.15, 0.2) is 12.7 Å². The first-order valence-corrected chi connectivity index (χ1v) is 5.61. The van der Waals surface area contributed by atoms with Gasteiger partial charge in [0.2, 0.25) is 5.91 Å². The van der Waals surface area contributed by atoms with Crippen LogP contribution in [0.2, 0.25) is 0 Å². The highest BCUT2D eigenvalue weighted by atomic mass is 16.5. The summed E-state index contributed by atoms with van der Waals surface area (Å²) in [5.74, 6) is -0.150. The third-order valence-corrected chi connectivity index (χ3v) is 3.17. The lowest BCUT2D eigenvalue weighted by Crippen LogP contribution is -2.62. The predicted molar refractivity (Wildman–Crippen MR) is 63.1 cm³/mol. The summed E-state index contributed by atoms with van der Waals surface area (Å²) in [7, 11) is 0. The number of carbonyl (C=O) groups excluding carboxylic acids is 1. The second-order valence-electron chi connectivity index (χ2n) is 5.75. The van der Waals surface area contributed by atoms with Crippen LogP contribution in [0.3, 0.4) is 0 Å². The molecule has 0 bridgehead atoms. The second kappa shape index (κ2) is 4.18. The Kier molecular flexibility index (Phi) is 3.45. The molecular weight excluding hydrogens is 204 g/mol. The smallest absolute Gasteiger partial charge is 0.243 e. The van der Waals surface area contributed by atoms with Gasteiger partial charge in [-0.15, -0.1) is 0 Å². The van der Waals surface area contributed by atoms with Crippen LogP contribution in [-0.4, -0.2) is 33.3 Å². The topological polar surface area (TPSA) is 52.6 Å². The number of piperidine rings is 1. The fourth-order valence-corrected chi connectivity index (χ4v) is 2.63. The highest BCUT2D eigenvalue weighted by molar-refractivity contribution is 5.87. The van der Waals surface area contributed by atoms with Crippen molar-refractivity contribution in [2.75, 3.05) is 0 Å². The van der Waals surface area contributed by atoms with E-state index in [4.69, 9.17) is 0 Å². The predicted octanol–water partition coefficient (Wildman–Crippen LogP) is 1.70. The van der Waals surface area contributed by atoms with Gasteiger partial charge in [0.05, 0.1) is 0 Å². The molecule has 0 aromatic rings. The lowest BCUT2D eigenvalue weighted by atomic mass is 9.79. The number of carbonyl (C=O) groups is 1. The molecule has 1 aliphatic rings. The molecule has 0 aromatic heterocycles. The minimum atomic E-state index is -0.332. The molecule has 1 saturated heterocycles. The molecule has 1 heterocycles. The zero-order chi connectivity index (χ0) is 12.6. The van der Waals surface area contributed by atoms with Crippen molar-refractivity contribution in [2.45, 2.75) is 57.7 Å². The van der Waals surface area contributed by atoms with Gasteiger partial charge in [0, 0.05) is 17.1 Å². The van der Waals surface area contributed by atoms with Crippen LogP contribution < -0.4 is 5.32 Å². The second-order valence-corrected chi connectivity index (χ2v) is 5.75. The van der Waals surface area contributed by atoms with Crippen molar-refractivity contribution in [1.82, 2.24) is 10.4 Å². The molecule has 1 amide bonds. The standard InChI is InChI=1S/C12H22N2O2/c1-6-10(15)13-9-7-11(2,3)14(16)12(4,5)8-9/h6,9,16H,1,7-8H2,2-5H3,(H,13,15). The molecule has 0 atom stereocenters. The Morgan fingerprint density at radius 2 is 1.81 bits per heavy atom. The van der Waals surface area contributed by atoms with Gasteiger partial charge in [0.15, 0.2) is 0 Å². The van der Waals surface area contributed by atoms with E-state index in [1.165, 1.54) is 11.1 Å². The van der Waals surface area contributed by atoms with Crippen molar-refractivity contribution in [3.05, 3.63) is 12.7 Å². The van der Waals surface area contributed by atoms with Crippen LogP contribution in [0.5, 0.6) is 0 Å². The van der Waals surface area contributed by atoms with Crippen LogP contribution in [-0.2, 0) is 4.79 Å². The Morgan fingerprint density at radius 3 is 2.19 bits per heavy atom. The maximum Gasteiger partial charge on any atom is 0.243 e. The normalized spacial score (nSPS) is 25.1. The Morgan fingerprint density at radius 1 is 1.38 bits per heavy atom. The largest absolute Gasteiger partial charge is 0.350 e. The number of hydrogen-bond donors (Lipinski definition) is 2. The molecule has 92 valence electrons. The Labute approximate surface area is 97.3 Å². The summed E-state index contributed by atoms with van der Waals surface area (Å²) in [6.45, 7) is 11.3. The number of amides is 1. The van der Waals surface area contributed by atoms with Crippen molar-refractivity contribution < 1.29 is 10.0 Å². The third-order valence-electron chi connectivity index (χ3n) is 3.17. The van der Waals surface area contributed by atoms with Crippen LogP contribution in [0.25, 0.3) is 0 Å². The molecule has 16 heavy (non-hydrogen) atoms. The highest BCUT2D eigenvalue weighted by Gasteiger charge is 2.45. The van der Waals surface area contributed by atoms with E-state index in [0.717, 1.165) is 12.8 Å². The zero-order valence-corrected chi connectivity index (χ0v) is 10.6. The summed E-state index contributed by atoms with van der Waals surface area (Å²) in [6, 6.07) is 0.0823. The molecule has 0 aliphatic carbocycles. The fraction of sp³-hybridized carbons (Fsp3) is 0.750. The van der Waals surface area contributed by atoms with Crippen LogP contribution in [0, 0.1) is 0 Å². The van der Waals surface area contributed by atoms with Crippen molar-refractivity contribution in [1.29, 1.82) is 0 Å². The highest BCUT2D eigenvalue weighted by Crippen LogP contribution is 2.36. The quantitative estimate of drug-likeness (QED) is 0.705. The molecule has 4 nitrogen and oxygen atoms in total. The third kappa shape index (κ3) is 2.62. The van der Waals surface area contributed by atoms with Gasteiger partial charge in [0.1, 0.15) is 0 Å². The van der Waals surface area contributed by atoms with Gasteiger partial charge in [-0.1, -0.05) is 6.58 Å². The van der Waals surface area contributed by atoms with E-state index in [9.17, 15) is 10.0 Å². The Hall–Kier alpha value is -0.870. The first kappa shape index (κ1) is 13.2. The summed E-state index contributed by atoms with van der Waals surface area (Å²) in [6.07, 6.45) is 2.74. The number of nitrogens with one attached hydrogen (secondary N) is 1. The maximum atomic E-state index is 11.3. The molecule has 1 rings (SSSR count). The average Bonchev–Trinajstić information content (AvgIpc) is 2.13. The lowest BCUT2D eigenvalue weighted by molar-refractivity contribution is -0.245. The van der Waals surface area contributed by atoms with Gasteiger partial charge in [0.25, 0.3) is 0 Å². The van der Waals surface area contributed by atoms with Crippen LogP contribution in [0.4, 0.5) is 0 Å². The Balaban J connectivity index is 2.78. The van der Waals surface area contributed by atoms with E-state index in [-0.39, 0.29) is 23.0 Å². The first-order valence-electron chi connectivity index (χ1n) is 5.61. The molecular formula is C12H22N2O2. The molecule has 0 aromatic carbocycles. The van der Waals surface area contributed by atoms with Gasteiger partial charge < -0.3 is 10.5 Å². The molecule has 0 spiro atoms. The summed E-state index contributed by atoms with van der Waals surface area (Å²) in [4.78, 5) is 11.3. The van der Waals surface area contributed by atoms with Crippen LogP contribution >= 0.6 is 0 Å². The van der Waals surface area contributed by atoms with Crippen LogP contribution in [0.1, 0.15) is 40.5 Å². The van der Waals surface area contributed by atoms with Gasteiger partial charge in [-0.3, -0.25) is 4.79 Å². The molecule has 1 aliphatic heterocycles. The number of hydrogen-bond acceptors (Lipinski definition) is 3. The van der Waals surface area contributed by atoms with Crippen molar-refractivity contribution in [3.63, 3.8) is 0 Å². The van der Waals surface area contributed by atoms with Gasteiger partial charge in [-0.2, -0.15) is 5.06 Å². The minimum absolute atomic E-state index is 0.0823. The Bertz CT molecular complexity index is 279. The maximum absolute atomic E-state index is 11.3. The summed E-state index contributed by atoms with van der Waals surface area (Å²) in [5.41, 5.74) is -0.665. The zero-order valence-electron chi connectivity index (χ0n) is 10.6. The summed E-state index contributed by atoms with van der Waals surface area (Å²) < 4.78 is 0. The fourth-order valence-electron chi connectivity index (χ4n) is 2.63. The summed E-state index contributed by atoms with van der Waals surface area (Å²) >= 11 is 0. The van der Waals surface area contributed by atoms with Gasteiger partial charge in [-0.25, -0.2) is 0 Å². The van der Waals surface area contributed by atoms with E-state index in [1.54, 1.807) is 0 Å². The molecule has 0 unspecified atom stereocenters. The monoisotopic (exact) mass is 226 g/mol. The number of rotatable bonds is 2.